The number of aromatic nitrogens is 3. The standard InChI is InChI=1S/C33H30ClF4N7O2/c1-39-15-22-17-44(12-13-45(22)26(46)10-5-11-35)31-24-16-40-29(23-8-3-6-20-7-4-9-25(34)27(20)23)28(36)30(24)41-32(42-31)47-18-21-14-33(37,38)19-43(21)2/h3-10,16,21-22H,11-15,17-19H2,2H3/b10-5+/t21-,22-/m0/s1. The van der Waals surface area contributed by atoms with Gasteiger partial charge in [0, 0.05) is 60.3 Å². The lowest BCUT2D eigenvalue weighted by atomic mass is 10.0. The van der Waals surface area contributed by atoms with Crippen LogP contribution in [0, 0.1) is 12.4 Å². The zero-order chi connectivity index (χ0) is 33.3. The summed E-state index contributed by atoms with van der Waals surface area (Å²) in [5, 5.41) is 2.08. The highest BCUT2D eigenvalue weighted by Gasteiger charge is 2.43. The van der Waals surface area contributed by atoms with Gasteiger partial charge in [-0.3, -0.25) is 14.7 Å². The van der Waals surface area contributed by atoms with Crippen molar-refractivity contribution in [3.63, 3.8) is 0 Å². The predicted molar refractivity (Wildman–Crippen MR) is 171 cm³/mol. The van der Waals surface area contributed by atoms with Crippen LogP contribution in [0.4, 0.5) is 23.4 Å². The van der Waals surface area contributed by atoms with E-state index in [1.165, 1.54) is 16.0 Å². The Labute approximate surface area is 273 Å². The molecule has 2 saturated heterocycles. The van der Waals surface area contributed by atoms with Gasteiger partial charge in [-0.1, -0.05) is 41.9 Å². The normalized spacial score (nSPS) is 19.9. The zero-order valence-corrected chi connectivity index (χ0v) is 26.1. The van der Waals surface area contributed by atoms with Crippen molar-refractivity contribution < 1.29 is 27.1 Å². The number of likely N-dealkylation sites (tertiary alicyclic amines) is 1. The number of halogens is 5. The lowest BCUT2D eigenvalue weighted by Gasteiger charge is -2.39. The van der Waals surface area contributed by atoms with Crippen LogP contribution in [0.25, 0.3) is 37.8 Å². The van der Waals surface area contributed by atoms with Gasteiger partial charge in [0.25, 0.3) is 5.92 Å². The Balaban J connectivity index is 1.43. The van der Waals surface area contributed by atoms with Crippen molar-refractivity contribution in [2.24, 2.45) is 0 Å². The van der Waals surface area contributed by atoms with E-state index in [1.807, 2.05) is 12.1 Å². The minimum absolute atomic E-state index is 0.00270. The second-order valence-electron chi connectivity index (χ2n) is 11.6. The molecule has 47 heavy (non-hydrogen) atoms. The van der Waals surface area contributed by atoms with Crippen LogP contribution >= 0.6 is 11.6 Å². The molecular formula is C33H30ClF4N7O2. The fourth-order valence-corrected chi connectivity index (χ4v) is 6.55. The first-order chi connectivity index (χ1) is 22.6. The van der Waals surface area contributed by atoms with Gasteiger partial charge in [-0.2, -0.15) is 9.97 Å². The third-order valence-electron chi connectivity index (χ3n) is 8.51. The molecule has 2 aromatic heterocycles. The molecule has 0 radical (unpaired) electrons. The molecule has 6 rings (SSSR count). The SMILES string of the molecule is [C-]#[N+]C[C@H]1CN(c2nc(OC[C@@H]3CC(F)(F)CN3C)nc3c(F)c(-c4cccc5cccc(Cl)c45)ncc23)CCN1C(=O)/C=C/CF. The van der Waals surface area contributed by atoms with Crippen LogP contribution in [0.5, 0.6) is 6.01 Å². The highest BCUT2D eigenvalue weighted by molar-refractivity contribution is 6.36. The Morgan fingerprint density at radius 2 is 1.98 bits per heavy atom. The molecule has 1 amide bonds. The summed E-state index contributed by atoms with van der Waals surface area (Å²) in [6, 6.07) is 9.31. The van der Waals surface area contributed by atoms with Gasteiger partial charge < -0.3 is 19.4 Å². The molecular weight excluding hydrogens is 638 g/mol. The fourth-order valence-electron chi connectivity index (χ4n) is 6.26. The molecule has 2 aliphatic rings. The fraction of sp³-hybridized carbons (Fsp3) is 0.364. The number of anilines is 1. The molecule has 0 saturated carbocycles. The predicted octanol–water partition coefficient (Wildman–Crippen LogP) is 5.82. The number of likely N-dealkylation sites (N-methyl/N-ethyl adjacent to an activating group) is 1. The molecule has 4 heterocycles. The van der Waals surface area contributed by atoms with Gasteiger partial charge in [-0.05, 0) is 24.6 Å². The number of ether oxygens (including phenoxy) is 1. The quantitative estimate of drug-likeness (QED) is 0.133. The van der Waals surface area contributed by atoms with Crippen molar-refractivity contribution in [2.45, 2.75) is 24.4 Å². The number of piperazine rings is 1. The smallest absolute Gasteiger partial charge is 0.319 e. The van der Waals surface area contributed by atoms with Gasteiger partial charge in [0.2, 0.25) is 12.5 Å². The highest BCUT2D eigenvalue weighted by Crippen LogP contribution is 2.38. The number of amides is 1. The summed E-state index contributed by atoms with van der Waals surface area (Å²) in [4.78, 5) is 34.5. The number of alkyl halides is 3. The second-order valence-corrected chi connectivity index (χ2v) is 12.0. The minimum atomic E-state index is -2.86. The van der Waals surface area contributed by atoms with Gasteiger partial charge in [0.15, 0.2) is 5.82 Å². The van der Waals surface area contributed by atoms with Gasteiger partial charge in [0.05, 0.1) is 11.9 Å². The first-order valence-electron chi connectivity index (χ1n) is 15.0. The van der Waals surface area contributed by atoms with Crippen LogP contribution in [0.2, 0.25) is 5.02 Å². The van der Waals surface area contributed by atoms with Crippen molar-refractivity contribution >= 4 is 45.0 Å². The summed E-state index contributed by atoms with van der Waals surface area (Å²) in [6.45, 7) is 6.64. The van der Waals surface area contributed by atoms with E-state index in [4.69, 9.17) is 22.9 Å². The monoisotopic (exact) mass is 667 g/mol. The van der Waals surface area contributed by atoms with E-state index >= 15 is 4.39 Å². The van der Waals surface area contributed by atoms with Crippen LogP contribution in [0.15, 0.2) is 54.7 Å². The summed E-state index contributed by atoms with van der Waals surface area (Å²) in [5.74, 6) is -3.78. The first kappa shape index (κ1) is 32.4. The number of nitrogens with zero attached hydrogens (tertiary/aromatic N) is 7. The molecule has 14 heteroatoms. The Morgan fingerprint density at radius 3 is 2.70 bits per heavy atom. The average Bonchev–Trinajstić information content (AvgIpc) is 3.33. The molecule has 2 aromatic carbocycles. The van der Waals surface area contributed by atoms with Crippen LogP contribution in [0.3, 0.4) is 0 Å². The number of carbonyl (C=O) groups is 1. The summed E-state index contributed by atoms with van der Waals surface area (Å²) >= 11 is 6.54. The van der Waals surface area contributed by atoms with E-state index in [9.17, 15) is 18.0 Å². The van der Waals surface area contributed by atoms with Crippen molar-refractivity contribution in [1.29, 1.82) is 0 Å². The number of pyridine rings is 1. The van der Waals surface area contributed by atoms with Crippen LogP contribution in [0.1, 0.15) is 6.42 Å². The topological polar surface area (TPSA) is 79.1 Å². The van der Waals surface area contributed by atoms with E-state index in [1.54, 1.807) is 36.2 Å². The molecule has 2 atom stereocenters. The maximum absolute atomic E-state index is 16.6. The first-order valence-corrected chi connectivity index (χ1v) is 15.3. The van der Waals surface area contributed by atoms with Gasteiger partial charge in [-0.25, -0.2) is 24.1 Å². The third kappa shape index (κ3) is 6.53. The molecule has 0 spiro atoms. The van der Waals surface area contributed by atoms with E-state index in [-0.39, 0.29) is 61.2 Å². The molecule has 9 nitrogen and oxygen atoms in total. The summed E-state index contributed by atoms with van der Waals surface area (Å²) in [5.41, 5.74) is 0.355. The molecule has 0 aliphatic carbocycles. The largest absolute Gasteiger partial charge is 0.462 e. The Kier molecular flexibility index (Phi) is 9.16. The van der Waals surface area contributed by atoms with E-state index in [0.29, 0.717) is 16.0 Å². The van der Waals surface area contributed by atoms with E-state index in [2.05, 4.69) is 19.8 Å². The maximum Gasteiger partial charge on any atom is 0.319 e. The van der Waals surface area contributed by atoms with Crippen LogP contribution < -0.4 is 9.64 Å². The molecule has 0 bridgehead atoms. The third-order valence-corrected chi connectivity index (χ3v) is 8.83. The molecule has 0 unspecified atom stereocenters. The molecule has 4 aromatic rings. The molecule has 2 fully saturated rings. The number of fused-ring (bicyclic) bond motifs is 2. The number of hydrogen-bond acceptors (Lipinski definition) is 7. The summed E-state index contributed by atoms with van der Waals surface area (Å²) < 4.78 is 63.3. The number of benzene rings is 2. The number of allylic oxidation sites excluding steroid dienone is 1. The van der Waals surface area contributed by atoms with E-state index < -0.39 is 49.4 Å². The summed E-state index contributed by atoms with van der Waals surface area (Å²) in [7, 11) is 1.58. The Hall–Kier alpha value is -4.54. The van der Waals surface area contributed by atoms with Crippen molar-refractivity contribution in [1.82, 2.24) is 24.8 Å². The second kappa shape index (κ2) is 13.3. The lowest BCUT2D eigenvalue weighted by molar-refractivity contribution is -0.128. The minimum Gasteiger partial charge on any atom is -0.462 e. The number of hydrogen-bond donors (Lipinski definition) is 0. The Bertz CT molecular complexity index is 1900. The zero-order valence-electron chi connectivity index (χ0n) is 25.3. The molecule has 0 N–H and O–H groups in total. The van der Waals surface area contributed by atoms with Crippen molar-refractivity contribution in [3.8, 4) is 17.3 Å². The molecule has 2 aliphatic heterocycles. The lowest BCUT2D eigenvalue weighted by Crippen LogP contribution is -2.56. The van der Waals surface area contributed by atoms with Gasteiger partial charge >= 0.3 is 6.01 Å². The van der Waals surface area contributed by atoms with Crippen molar-refractivity contribution in [3.05, 3.63) is 77.0 Å². The van der Waals surface area contributed by atoms with Gasteiger partial charge in [0.1, 0.15) is 36.4 Å². The number of carbonyl (C=O) groups excluding carboxylic acids is 1. The highest BCUT2D eigenvalue weighted by atomic mass is 35.5. The maximum atomic E-state index is 16.6. The average molecular weight is 668 g/mol. The van der Waals surface area contributed by atoms with Gasteiger partial charge in [-0.15, -0.1) is 0 Å². The van der Waals surface area contributed by atoms with Crippen molar-refractivity contribution in [2.75, 3.05) is 58.0 Å². The number of rotatable bonds is 8. The van der Waals surface area contributed by atoms with Crippen LogP contribution in [-0.4, -0.2) is 102 Å². The van der Waals surface area contributed by atoms with Crippen LogP contribution in [-0.2, 0) is 4.79 Å². The Morgan fingerprint density at radius 1 is 1.19 bits per heavy atom. The summed E-state index contributed by atoms with van der Waals surface area (Å²) in [6.07, 6.45) is 3.30. The van der Waals surface area contributed by atoms with E-state index in [0.717, 1.165) is 17.5 Å². The molecule has 244 valence electrons.